The summed E-state index contributed by atoms with van der Waals surface area (Å²) >= 11 is 6.20. The lowest BCUT2D eigenvalue weighted by Gasteiger charge is -2.20. The zero-order chi connectivity index (χ0) is 24.2. The van der Waals surface area contributed by atoms with Gasteiger partial charge in [0.05, 0.1) is 5.56 Å². The summed E-state index contributed by atoms with van der Waals surface area (Å²) in [6.07, 6.45) is 1.98. The predicted molar refractivity (Wildman–Crippen MR) is 135 cm³/mol. The number of hydrogen-bond donors (Lipinski definition) is 1. The molecule has 5 heteroatoms. The quantitative estimate of drug-likeness (QED) is 0.292. The van der Waals surface area contributed by atoms with Crippen LogP contribution in [0.4, 0.5) is 0 Å². The Balaban J connectivity index is 1.68. The van der Waals surface area contributed by atoms with Crippen LogP contribution in [-0.4, -0.2) is 21.8 Å². The smallest absolute Gasteiger partial charge is 0.335 e. The number of aromatic carboxylic acids is 1. The Labute approximate surface area is 203 Å². The van der Waals surface area contributed by atoms with Crippen molar-refractivity contribution in [2.45, 2.75) is 26.2 Å². The standard InChI is InChI=1S/C29H24ClNO3/c1-18-15-25(30)11-12-26(18)27(17-28(32)24-13-14-31-19(2)16-24)22-7-3-20(4-8-22)21-5-9-23(10-6-21)29(33)34/h3-16,27H,17H2,1-2H3,(H,33,34). The number of carbonyl (C=O) groups is 2. The molecule has 0 bridgehead atoms. The lowest BCUT2D eigenvalue weighted by atomic mass is 9.83. The Hall–Kier alpha value is -3.76. The summed E-state index contributed by atoms with van der Waals surface area (Å²) in [6, 6.07) is 24.2. The average molecular weight is 470 g/mol. The van der Waals surface area contributed by atoms with Gasteiger partial charge in [-0.2, -0.15) is 0 Å². The van der Waals surface area contributed by atoms with Crippen LogP contribution in [0, 0.1) is 13.8 Å². The van der Waals surface area contributed by atoms with Crippen molar-refractivity contribution in [1.29, 1.82) is 0 Å². The SMILES string of the molecule is Cc1cc(C(=O)CC(c2ccc(-c3ccc(C(=O)O)cc3)cc2)c2ccc(Cl)cc2C)ccn1. The number of rotatable bonds is 7. The van der Waals surface area contributed by atoms with Gasteiger partial charge in [-0.3, -0.25) is 9.78 Å². The van der Waals surface area contributed by atoms with E-state index in [1.54, 1.807) is 36.5 Å². The lowest BCUT2D eigenvalue weighted by molar-refractivity contribution is 0.0696. The molecule has 170 valence electrons. The molecule has 3 aromatic carbocycles. The number of halogens is 1. The number of ketones is 1. The number of carboxylic acid groups (broad SMARTS) is 1. The Morgan fingerprint density at radius 3 is 2.09 bits per heavy atom. The molecule has 0 amide bonds. The minimum Gasteiger partial charge on any atom is -0.478 e. The van der Waals surface area contributed by atoms with Crippen LogP contribution in [0.15, 0.2) is 85.1 Å². The third kappa shape index (κ3) is 5.24. The maximum atomic E-state index is 13.2. The Bertz CT molecular complexity index is 1340. The van der Waals surface area contributed by atoms with Crippen LogP contribution >= 0.6 is 11.6 Å². The molecule has 4 aromatic rings. The van der Waals surface area contributed by atoms with Crippen molar-refractivity contribution in [2.24, 2.45) is 0 Å². The second kappa shape index (κ2) is 10.0. The van der Waals surface area contributed by atoms with Gasteiger partial charge in [0.25, 0.3) is 0 Å². The van der Waals surface area contributed by atoms with Crippen LogP contribution in [-0.2, 0) is 0 Å². The highest BCUT2D eigenvalue weighted by atomic mass is 35.5. The highest BCUT2D eigenvalue weighted by molar-refractivity contribution is 6.30. The molecule has 0 radical (unpaired) electrons. The number of aryl methyl sites for hydroxylation is 2. The van der Waals surface area contributed by atoms with E-state index < -0.39 is 5.97 Å². The minimum absolute atomic E-state index is 0.0539. The Morgan fingerprint density at radius 1 is 0.853 bits per heavy atom. The Kier molecular flexibility index (Phi) is 6.90. The first-order valence-electron chi connectivity index (χ1n) is 11.0. The zero-order valence-electron chi connectivity index (χ0n) is 19.0. The molecule has 0 fully saturated rings. The zero-order valence-corrected chi connectivity index (χ0v) is 19.7. The van der Waals surface area contributed by atoms with E-state index in [0.29, 0.717) is 17.0 Å². The third-order valence-corrected chi connectivity index (χ3v) is 6.23. The van der Waals surface area contributed by atoms with Crippen molar-refractivity contribution >= 4 is 23.4 Å². The molecule has 34 heavy (non-hydrogen) atoms. The van der Waals surface area contributed by atoms with E-state index >= 15 is 0 Å². The van der Waals surface area contributed by atoms with E-state index in [1.807, 2.05) is 62.4 Å². The van der Waals surface area contributed by atoms with Crippen LogP contribution in [0.25, 0.3) is 11.1 Å². The molecule has 0 spiro atoms. The van der Waals surface area contributed by atoms with Gasteiger partial charge in [-0.1, -0.05) is 54.1 Å². The fourth-order valence-corrected chi connectivity index (χ4v) is 4.40. The molecule has 0 aliphatic carbocycles. The number of pyridine rings is 1. The van der Waals surface area contributed by atoms with Crippen molar-refractivity contribution < 1.29 is 14.7 Å². The fraction of sp³-hybridized carbons (Fsp3) is 0.138. The van der Waals surface area contributed by atoms with Gasteiger partial charge in [-0.05, 0) is 78.1 Å². The van der Waals surface area contributed by atoms with E-state index in [2.05, 4.69) is 4.98 Å². The second-order valence-electron chi connectivity index (χ2n) is 8.37. The first-order chi connectivity index (χ1) is 16.3. The normalized spacial score (nSPS) is 11.7. The summed E-state index contributed by atoms with van der Waals surface area (Å²) in [7, 11) is 0. The maximum absolute atomic E-state index is 13.2. The molecule has 1 heterocycles. The summed E-state index contributed by atoms with van der Waals surface area (Å²) < 4.78 is 0. The highest BCUT2D eigenvalue weighted by Crippen LogP contribution is 2.34. The molecule has 4 rings (SSSR count). The maximum Gasteiger partial charge on any atom is 0.335 e. The van der Waals surface area contributed by atoms with Crippen LogP contribution in [0.5, 0.6) is 0 Å². The Morgan fingerprint density at radius 2 is 1.50 bits per heavy atom. The van der Waals surface area contributed by atoms with E-state index in [1.165, 1.54) is 0 Å². The number of carbonyl (C=O) groups excluding carboxylic acids is 1. The third-order valence-electron chi connectivity index (χ3n) is 5.99. The molecule has 1 unspecified atom stereocenters. The van der Waals surface area contributed by atoms with Crippen LogP contribution in [0.1, 0.15) is 55.4 Å². The van der Waals surface area contributed by atoms with Crippen molar-refractivity contribution in [1.82, 2.24) is 4.98 Å². The first-order valence-corrected chi connectivity index (χ1v) is 11.3. The number of benzene rings is 3. The summed E-state index contributed by atoms with van der Waals surface area (Å²) in [5.41, 5.74) is 6.73. The summed E-state index contributed by atoms with van der Waals surface area (Å²) in [4.78, 5) is 28.5. The van der Waals surface area contributed by atoms with E-state index in [0.717, 1.165) is 33.5 Å². The van der Waals surface area contributed by atoms with Gasteiger partial charge >= 0.3 is 5.97 Å². The molecule has 0 saturated heterocycles. The fourth-order valence-electron chi connectivity index (χ4n) is 4.17. The summed E-state index contributed by atoms with van der Waals surface area (Å²) in [5.74, 6) is -1.03. The van der Waals surface area contributed by atoms with Crippen LogP contribution < -0.4 is 0 Å². The molecule has 4 nitrogen and oxygen atoms in total. The monoisotopic (exact) mass is 469 g/mol. The van der Waals surface area contributed by atoms with Gasteiger partial charge in [0.15, 0.2) is 5.78 Å². The van der Waals surface area contributed by atoms with Gasteiger partial charge in [-0.15, -0.1) is 0 Å². The molecular formula is C29H24ClNO3. The van der Waals surface area contributed by atoms with Crippen LogP contribution in [0.3, 0.4) is 0 Å². The molecule has 1 aromatic heterocycles. The largest absolute Gasteiger partial charge is 0.478 e. The summed E-state index contributed by atoms with van der Waals surface area (Å²) in [5, 5.41) is 9.78. The minimum atomic E-state index is -0.947. The molecule has 1 atom stereocenters. The number of carboxylic acids is 1. The number of hydrogen-bond acceptors (Lipinski definition) is 3. The topological polar surface area (TPSA) is 67.3 Å². The van der Waals surface area contributed by atoms with E-state index in [4.69, 9.17) is 16.7 Å². The van der Waals surface area contributed by atoms with E-state index in [9.17, 15) is 9.59 Å². The van der Waals surface area contributed by atoms with E-state index in [-0.39, 0.29) is 17.3 Å². The lowest BCUT2D eigenvalue weighted by Crippen LogP contribution is -2.11. The summed E-state index contributed by atoms with van der Waals surface area (Å²) in [6.45, 7) is 3.88. The van der Waals surface area contributed by atoms with Gasteiger partial charge in [0.1, 0.15) is 0 Å². The number of aromatic nitrogens is 1. The van der Waals surface area contributed by atoms with Gasteiger partial charge < -0.3 is 5.11 Å². The molecule has 1 N–H and O–H groups in total. The van der Waals surface area contributed by atoms with Crippen molar-refractivity contribution in [3.05, 3.63) is 124 Å². The van der Waals surface area contributed by atoms with Crippen LogP contribution in [0.2, 0.25) is 5.02 Å². The number of Topliss-reactive ketones (excluding diaryl/α,β-unsaturated/α-hetero) is 1. The molecule has 0 saturated carbocycles. The molecule has 0 aliphatic rings. The van der Waals surface area contributed by atoms with Crippen molar-refractivity contribution in [2.75, 3.05) is 0 Å². The predicted octanol–water partition coefficient (Wildman–Crippen LogP) is 7.12. The van der Waals surface area contributed by atoms with Crippen molar-refractivity contribution in [3.63, 3.8) is 0 Å². The first kappa shape index (κ1) is 23.4. The molecular weight excluding hydrogens is 446 g/mol. The molecule has 0 aliphatic heterocycles. The van der Waals surface area contributed by atoms with Gasteiger partial charge in [0.2, 0.25) is 0 Å². The second-order valence-corrected chi connectivity index (χ2v) is 8.81. The van der Waals surface area contributed by atoms with Crippen molar-refractivity contribution in [3.8, 4) is 11.1 Å². The highest BCUT2D eigenvalue weighted by Gasteiger charge is 2.21. The average Bonchev–Trinajstić information content (AvgIpc) is 2.83. The van der Waals surface area contributed by atoms with Gasteiger partial charge in [0, 0.05) is 34.8 Å². The number of nitrogens with zero attached hydrogens (tertiary/aromatic N) is 1. The van der Waals surface area contributed by atoms with Gasteiger partial charge in [-0.25, -0.2) is 4.79 Å².